The molecule has 0 saturated carbocycles. The van der Waals surface area contributed by atoms with Crippen LogP contribution in [-0.4, -0.2) is 11.6 Å². The first kappa shape index (κ1) is 11.8. The molecule has 3 aromatic rings. The average molecular weight is 331 g/mol. The van der Waals surface area contributed by atoms with E-state index in [2.05, 4.69) is 32.3 Å². The Hall–Kier alpha value is -2.01. The zero-order chi connectivity index (χ0) is 13.5. The lowest BCUT2D eigenvalue weighted by atomic mass is 10.1. The van der Waals surface area contributed by atoms with Gasteiger partial charge in [-0.3, -0.25) is 0 Å². The third kappa shape index (κ3) is 1.94. The molecule has 1 atom stereocenters. The molecule has 4 rings (SSSR count). The zero-order valence-electron chi connectivity index (χ0n) is 10.5. The van der Waals surface area contributed by atoms with Crippen LogP contribution in [0.5, 0.6) is 5.75 Å². The minimum atomic E-state index is 0.103. The summed E-state index contributed by atoms with van der Waals surface area (Å²) in [5, 5.41) is 3.49. The number of aromatic nitrogens is 1. The van der Waals surface area contributed by atoms with Gasteiger partial charge in [-0.15, -0.1) is 0 Å². The average Bonchev–Trinajstić information content (AvgIpc) is 2.93. The Morgan fingerprint density at radius 1 is 1.20 bits per heavy atom. The minimum absolute atomic E-state index is 0.103. The van der Waals surface area contributed by atoms with Crippen LogP contribution >= 0.6 is 15.9 Å². The zero-order valence-corrected chi connectivity index (χ0v) is 12.1. The maximum absolute atomic E-state index is 5.81. The molecule has 1 aliphatic heterocycles. The van der Waals surface area contributed by atoms with E-state index in [4.69, 9.17) is 9.15 Å². The van der Waals surface area contributed by atoms with Crippen LogP contribution in [0.4, 0.5) is 5.69 Å². The van der Waals surface area contributed by atoms with Crippen LogP contribution in [0.2, 0.25) is 0 Å². The predicted octanol–water partition coefficient (Wildman–Crippen LogP) is 4.14. The van der Waals surface area contributed by atoms with Crippen molar-refractivity contribution < 1.29 is 9.15 Å². The van der Waals surface area contributed by atoms with Gasteiger partial charge in [-0.25, -0.2) is 4.98 Å². The lowest BCUT2D eigenvalue weighted by Crippen LogP contribution is -2.23. The van der Waals surface area contributed by atoms with Crippen molar-refractivity contribution in [2.75, 3.05) is 11.9 Å². The van der Waals surface area contributed by atoms with E-state index in [1.54, 1.807) is 0 Å². The summed E-state index contributed by atoms with van der Waals surface area (Å²) >= 11 is 3.48. The molecule has 20 heavy (non-hydrogen) atoms. The fraction of sp³-hybridized carbons (Fsp3) is 0.133. The molecule has 100 valence electrons. The monoisotopic (exact) mass is 330 g/mol. The van der Waals surface area contributed by atoms with E-state index >= 15 is 0 Å². The van der Waals surface area contributed by atoms with Crippen molar-refractivity contribution in [2.24, 2.45) is 0 Å². The second kappa shape index (κ2) is 4.52. The second-order valence-corrected chi connectivity index (χ2v) is 5.64. The van der Waals surface area contributed by atoms with E-state index in [9.17, 15) is 0 Å². The maximum atomic E-state index is 5.81. The third-order valence-electron chi connectivity index (χ3n) is 3.43. The first-order chi connectivity index (χ1) is 9.79. The van der Waals surface area contributed by atoms with Crippen molar-refractivity contribution in [3.63, 3.8) is 0 Å². The van der Waals surface area contributed by atoms with Crippen LogP contribution < -0.4 is 10.1 Å². The number of benzene rings is 2. The highest BCUT2D eigenvalue weighted by molar-refractivity contribution is 9.10. The van der Waals surface area contributed by atoms with Gasteiger partial charge in [0.05, 0.1) is 11.7 Å². The van der Waals surface area contributed by atoms with Crippen LogP contribution in [0.1, 0.15) is 11.6 Å². The summed E-state index contributed by atoms with van der Waals surface area (Å²) in [5.41, 5.74) is 3.78. The summed E-state index contributed by atoms with van der Waals surface area (Å²) in [7, 11) is 0. The van der Waals surface area contributed by atoms with Gasteiger partial charge < -0.3 is 14.5 Å². The third-order valence-corrected chi connectivity index (χ3v) is 3.93. The Bertz CT molecular complexity index is 784. The van der Waals surface area contributed by atoms with Crippen molar-refractivity contribution in [1.82, 2.24) is 4.98 Å². The Morgan fingerprint density at radius 2 is 2.15 bits per heavy atom. The Balaban J connectivity index is 1.69. The molecule has 1 unspecified atom stereocenters. The van der Waals surface area contributed by atoms with E-state index in [1.165, 1.54) is 6.39 Å². The minimum Gasteiger partial charge on any atom is -0.489 e. The van der Waals surface area contributed by atoms with Crippen molar-refractivity contribution in [3.8, 4) is 5.75 Å². The topological polar surface area (TPSA) is 47.3 Å². The highest BCUT2D eigenvalue weighted by atomic mass is 79.9. The summed E-state index contributed by atoms with van der Waals surface area (Å²) in [6, 6.07) is 12.1. The van der Waals surface area contributed by atoms with E-state index < -0.39 is 0 Å². The Kier molecular flexibility index (Phi) is 2.67. The van der Waals surface area contributed by atoms with E-state index in [0.717, 1.165) is 32.6 Å². The summed E-state index contributed by atoms with van der Waals surface area (Å²) in [4.78, 5) is 4.13. The highest BCUT2D eigenvalue weighted by Crippen LogP contribution is 2.36. The number of hydrogen-bond donors (Lipinski definition) is 1. The van der Waals surface area contributed by atoms with Gasteiger partial charge in [-0.05, 0) is 35.9 Å². The molecule has 0 bridgehead atoms. The number of anilines is 1. The lowest BCUT2D eigenvalue weighted by molar-refractivity contribution is 0.286. The first-order valence-electron chi connectivity index (χ1n) is 6.32. The molecule has 1 aromatic heterocycles. The number of hydrogen-bond acceptors (Lipinski definition) is 4. The van der Waals surface area contributed by atoms with Crippen LogP contribution in [-0.2, 0) is 0 Å². The Morgan fingerprint density at radius 3 is 3.10 bits per heavy atom. The quantitative estimate of drug-likeness (QED) is 0.728. The van der Waals surface area contributed by atoms with Gasteiger partial charge in [-0.2, -0.15) is 0 Å². The van der Waals surface area contributed by atoms with Gasteiger partial charge in [0.15, 0.2) is 12.0 Å². The molecule has 0 spiro atoms. The number of rotatable bonds is 1. The molecule has 4 nitrogen and oxygen atoms in total. The van der Waals surface area contributed by atoms with Crippen LogP contribution in [0, 0.1) is 0 Å². The smallest absolute Gasteiger partial charge is 0.181 e. The fourth-order valence-electron chi connectivity index (χ4n) is 2.41. The van der Waals surface area contributed by atoms with Crippen molar-refractivity contribution >= 4 is 32.7 Å². The van der Waals surface area contributed by atoms with Crippen LogP contribution in [0.25, 0.3) is 11.1 Å². The van der Waals surface area contributed by atoms with Crippen molar-refractivity contribution in [3.05, 3.63) is 52.8 Å². The number of halogens is 1. The summed E-state index contributed by atoms with van der Waals surface area (Å²) in [6.45, 7) is 0.592. The molecule has 0 fully saturated rings. The maximum Gasteiger partial charge on any atom is 0.181 e. The molecule has 1 N–H and O–H groups in total. The molecule has 0 amide bonds. The van der Waals surface area contributed by atoms with Crippen molar-refractivity contribution in [1.29, 1.82) is 0 Å². The predicted molar refractivity (Wildman–Crippen MR) is 80.0 cm³/mol. The SMILES string of the molecule is Brc1ccc2c(c1)NC(c1ccc3ncoc3c1)CO2. The van der Waals surface area contributed by atoms with Gasteiger partial charge in [0.2, 0.25) is 0 Å². The fourth-order valence-corrected chi connectivity index (χ4v) is 2.77. The van der Waals surface area contributed by atoms with Crippen LogP contribution in [0.15, 0.2) is 51.7 Å². The van der Waals surface area contributed by atoms with Gasteiger partial charge in [0.25, 0.3) is 0 Å². The molecule has 0 saturated heterocycles. The number of nitrogens with one attached hydrogen (secondary N) is 1. The standard InChI is InChI=1S/C15H11BrN2O2/c16-10-2-4-14-12(6-10)18-13(7-19-14)9-1-3-11-15(5-9)20-8-17-11/h1-6,8,13,18H,7H2. The van der Waals surface area contributed by atoms with E-state index in [0.29, 0.717) is 6.61 Å². The van der Waals surface area contributed by atoms with E-state index in [-0.39, 0.29) is 6.04 Å². The van der Waals surface area contributed by atoms with Gasteiger partial charge in [-0.1, -0.05) is 22.0 Å². The molecular weight excluding hydrogens is 320 g/mol. The normalized spacial score (nSPS) is 17.4. The molecule has 2 heterocycles. The molecule has 1 aliphatic rings. The number of oxazole rings is 1. The molecule has 0 aliphatic carbocycles. The molecule has 5 heteroatoms. The van der Waals surface area contributed by atoms with Gasteiger partial charge >= 0.3 is 0 Å². The largest absolute Gasteiger partial charge is 0.489 e. The first-order valence-corrected chi connectivity index (χ1v) is 7.11. The van der Waals surface area contributed by atoms with Gasteiger partial charge in [0.1, 0.15) is 17.9 Å². The number of fused-ring (bicyclic) bond motifs is 2. The summed E-state index contributed by atoms with van der Waals surface area (Å²) < 4.78 is 12.2. The Labute approximate surface area is 123 Å². The lowest BCUT2D eigenvalue weighted by Gasteiger charge is -2.27. The summed E-state index contributed by atoms with van der Waals surface area (Å²) in [5.74, 6) is 0.880. The van der Waals surface area contributed by atoms with E-state index in [1.807, 2.05) is 30.3 Å². The summed E-state index contributed by atoms with van der Waals surface area (Å²) in [6.07, 6.45) is 1.46. The second-order valence-electron chi connectivity index (χ2n) is 4.73. The number of nitrogens with zero attached hydrogens (tertiary/aromatic N) is 1. The van der Waals surface area contributed by atoms with Crippen LogP contribution in [0.3, 0.4) is 0 Å². The number of ether oxygens (including phenoxy) is 1. The highest BCUT2D eigenvalue weighted by Gasteiger charge is 2.21. The molecule has 0 radical (unpaired) electrons. The molecular formula is C15H11BrN2O2. The van der Waals surface area contributed by atoms with Gasteiger partial charge in [0, 0.05) is 4.47 Å². The molecule has 2 aromatic carbocycles. The van der Waals surface area contributed by atoms with Crippen molar-refractivity contribution in [2.45, 2.75) is 6.04 Å².